The van der Waals surface area contributed by atoms with Crippen LogP contribution in [-0.4, -0.2) is 23.8 Å². The Kier molecular flexibility index (Phi) is 6.36. The van der Waals surface area contributed by atoms with Crippen LogP contribution in [0.3, 0.4) is 0 Å². The molecule has 0 aliphatic heterocycles. The van der Waals surface area contributed by atoms with Crippen molar-refractivity contribution in [1.29, 1.82) is 0 Å². The zero-order chi connectivity index (χ0) is 23.4. The first-order chi connectivity index (χ1) is 16.0. The maximum absolute atomic E-state index is 12.9. The number of hydrogen-bond donors (Lipinski definition) is 2. The first-order valence-electron chi connectivity index (χ1n) is 10.7. The predicted molar refractivity (Wildman–Crippen MR) is 129 cm³/mol. The average molecular weight is 440 g/mol. The fraction of sp³-hybridized carbons (Fsp3) is 0.148. The molecule has 33 heavy (non-hydrogen) atoms. The van der Waals surface area contributed by atoms with Crippen LogP contribution in [0, 0.1) is 13.8 Å². The highest BCUT2D eigenvalue weighted by Gasteiger charge is 2.14. The smallest absolute Gasteiger partial charge is 0.251 e. The van der Waals surface area contributed by atoms with Crippen LogP contribution >= 0.6 is 0 Å². The second-order valence-electron chi connectivity index (χ2n) is 7.82. The lowest BCUT2D eigenvalue weighted by atomic mass is 10.1. The zero-order valence-electron chi connectivity index (χ0n) is 18.8. The molecule has 0 saturated carbocycles. The maximum atomic E-state index is 12.9. The van der Waals surface area contributed by atoms with E-state index in [2.05, 4.69) is 15.6 Å². The molecule has 0 bridgehead atoms. The Balaban J connectivity index is 1.50. The summed E-state index contributed by atoms with van der Waals surface area (Å²) in [6.07, 6.45) is 1.72. The van der Waals surface area contributed by atoms with Gasteiger partial charge in [0.2, 0.25) is 0 Å². The lowest BCUT2D eigenvalue weighted by Gasteiger charge is -2.14. The van der Waals surface area contributed by atoms with Gasteiger partial charge in [0, 0.05) is 41.9 Å². The van der Waals surface area contributed by atoms with Crippen LogP contribution in [0.15, 0.2) is 72.9 Å². The summed E-state index contributed by atoms with van der Waals surface area (Å²) in [5.41, 5.74) is 4.77. The summed E-state index contributed by atoms with van der Waals surface area (Å²) in [6, 6.07) is 20.4. The Morgan fingerprint density at radius 2 is 1.70 bits per heavy atom. The molecule has 0 spiro atoms. The van der Waals surface area contributed by atoms with Gasteiger partial charge in [-0.25, -0.2) is 0 Å². The fourth-order valence-corrected chi connectivity index (χ4v) is 3.61. The van der Waals surface area contributed by atoms with Crippen molar-refractivity contribution in [2.75, 3.05) is 7.05 Å². The van der Waals surface area contributed by atoms with E-state index in [4.69, 9.17) is 4.74 Å². The highest BCUT2D eigenvalue weighted by molar-refractivity contribution is 5.96. The summed E-state index contributed by atoms with van der Waals surface area (Å²) in [7, 11) is 1.59. The van der Waals surface area contributed by atoms with Crippen LogP contribution in [0.1, 0.15) is 37.4 Å². The molecule has 166 valence electrons. The Bertz CT molecular complexity index is 1330. The molecule has 2 N–H and O–H groups in total. The highest BCUT2D eigenvalue weighted by atomic mass is 16.5. The van der Waals surface area contributed by atoms with Crippen molar-refractivity contribution in [2.24, 2.45) is 0 Å². The van der Waals surface area contributed by atoms with Gasteiger partial charge in [0.1, 0.15) is 11.5 Å². The molecule has 0 fully saturated rings. The number of nitrogens with one attached hydrogen (secondary N) is 2. The summed E-state index contributed by atoms with van der Waals surface area (Å²) >= 11 is 0. The van der Waals surface area contributed by atoms with Gasteiger partial charge in [-0.2, -0.15) is 0 Å². The molecular formula is C27H25N3O3. The van der Waals surface area contributed by atoms with Crippen molar-refractivity contribution in [1.82, 2.24) is 15.6 Å². The van der Waals surface area contributed by atoms with E-state index in [1.807, 2.05) is 62.4 Å². The van der Waals surface area contributed by atoms with E-state index < -0.39 is 0 Å². The molecule has 6 nitrogen and oxygen atoms in total. The molecule has 1 heterocycles. The third kappa shape index (κ3) is 4.85. The summed E-state index contributed by atoms with van der Waals surface area (Å²) in [5.74, 6) is 0.973. The van der Waals surface area contributed by atoms with Crippen LogP contribution < -0.4 is 15.4 Å². The van der Waals surface area contributed by atoms with Gasteiger partial charge in [-0.05, 0) is 67.4 Å². The van der Waals surface area contributed by atoms with Crippen LogP contribution in [0.5, 0.6) is 11.5 Å². The number of aryl methyl sites for hydroxylation is 1. The monoisotopic (exact) mass is 439 g/mol. The van der Waals surface area contributed by atoms with Crippen LogP contribution in [-0.2, 0) is 6.54 Å². The van der Waals surface area contributed by atoms with Gasteiger partial charge < -0.3 is 15.4 Å². The summed E-state index contributed by atoms with van der Waals surface area (Å²) < 4.78 is 6.20. The molecule has 6 heteroatoms. The number of ether oxygens (including phenoxy) is 1. The Labute approximate surface area is 192 Å². The van der Waals surface area contributed by atoms with E-state index >= 15 is 0 Å². The number of carbonyl (C=O) groups is 2. The Morgan fingerprint density at radius 1 is 0.909 bits per heavy atom. The first kappa shape index (κ1) is 22.0. The number of benzene rings is 3. The average Bonchev–Trinajstić information content (AvgIpc) is 2.83. The van der Waals surface area contributed by atoms with E-state index in [9.17, 15) is 9.59 Å². The van der Waals surface area contributed by atoms with E-state index in [0.29, 0.717) is 29.2 Å². The van der Waals surface area contributed by atoms with Crippen molar-refractivity contribution in [3.05, 3.63) is 101 Å². The molecule has 1 aromatic heterocycles. The van der Waals surface area contributed by atoms with E-state index in [0.717, 1.165) is 27.6 Å². The molecule has 0 aliphatic rings. The van der Waals surface area contributed by atoms with E-state index in [-0.39, 0.29) is 11.8 Å². The minimum absolute atomic E-state index is 0.143. The van der Waals surface area contributed by atoms with E-state index in [1.165, 1.54) is 0 Å². The van der Waals surface area contributed by atoms with Crippen molar-refractivity contribution < 1.29 is 14.3 Å². The first-order valence-corrected chi connectivity index (χ1v) is 10.7. The van der Waals surface area contributed by atoms with Gasteiger partial charge >= 0.3 is 0 Å². The van der Waals surface area contributed by atoms with Crippen LogP contribution in [0.25, 0.3) is 10.9 Å². The number of carbonyl (C=O) groups excluding carboxylic acids is 2. The molecule has 0 saturated heterocycles. The maximum Gasteiger partial charge on any atom is 0.251 e. The predicted octanol–water partition coefficient (Wildman–Crippen LogP) is 4.93. The molecule has 3 aromatic carbocycles. The van der Waals surface area contributed by atoms with Crippen molar-refractivity contribution in [2.45, 2.75) is 20.4 Å². The second-order valence-corrected chi connectivity index (χ2v) is 7.82. The number of pyridine rings is 1. The third-order valence-corrected chi connectivity index (χ3v) is 5.50. The summed E-state index contributed by atoms with van der Waals surface area (Å²) in [4.78, 5) is 29.0. The number of amides is 2. The quantitative estimate of drug-likeness (QED) is 0.446. The molecule has 4 rings (SSSR count). The molecule has 0 radical (unpaired) electrons. The normalized spacial score (nSPS) is 10.6. The Hall–Kier alpha value is -4.19. The molecule has 4 aromatic rings. The SMILES string of the molecule is CNC(=O)c1ccc(CNC(=O)c2cccc(Oc3ccnc4cc(C)ccc34)c2C)cc1. The zero-order valence-corrected chi connectivity index (χ0v) is 18.8. The van der Waals surface area contributed by atoms with Gasteiger partial charge in [-0.1, -0.05) is 24.3 Å². The number of fused-ring (bicyclic) bond motifs is 1. The third-order valence-electron chi connectivity index (χ3n) is 5.50. The molecule has 0 atom stereocenters. The van der Waals surface area contributed by atoms with Crippen molar-refractivity contribution >= 4 is 22.7 Å². The van der Waals surface area contributed by atoms with Gasteiger partial charge in [-0.3, -0.25) is 14.6 Å². The number of aromatic nitrogens is 1. The Morgan fingerprint density at radius 3 is 2.45 bits per heavy atom. The van der Waals surface area contributed by atoms with Gasteiger partial charge in [0.15, 0.2) is 0 Å². The standard InChI is InChI=1S/C27H25N3O3/c1-17-7-12-22-23(15-17)29-14-13-25(22)33-24-6-4-5-21(18(24)2)27(32)30-16-19-8-10-20(11-9-19)26(31)28-3/h4-15H,16H2,1-3H3,(H,28,31)(H,30,32). The number of nitrogens with zero attached hydrogens (tertiary/aromatic N) is 1. The van der Waals surface area contributed by atoms with Crippen molar-refractivity contribution in [3.8, 4) is 11.5 Å². The second kappa shape index (κ2) is 9.53. The molecule has 2 amide bonds. The largest absolute Gasteiger partial charge is 0.456 e. The molecule has 0 aliphatic carbocycles. The van der Waals surface area contributed by atoms with Crippen LogP contribution in [0.2, 0.25) is 0 Å². The van der Waals surface area contributed by atoms with Gasteiger partial charge in [-0.15, -0.1) is 0 Å². The minimum Gasteiger partial charge on any atom is -0.456 e. The van der Waals surface area contributed by atoms with Gasteiger partial charge in [0.25, 0.3) is 11.8 Å². The highest BCUT2D eigenvalue weighted by Crippen LogP contribution is 2.32. The van der Waals surface area contributed by atoms with E-state index in [1.54, 1.807) is 31.4 Å². The fourth-order valence-electron chi connectivity index (χ4n) is 3.61. The minimum atomic E-state index is -0.191. The number of hydrogen-bond acceptors (Lipinski definition) is 4. The lowest BCUT2D eigenvalue weighted by Crippen LogP contribution is -2.24. The topological polar surface area (TPSA) is 80.3 Å². The van der Waals surface area contributed by atoms with Gasteiger partial charge in [0.05, 0.1) is 5.52 Å². The molecule has 0 unspecified atom stereocenters. The summed E-state index contributed by atoms with van der Waals surface area (Å²) in [5, 5.41) is 6.44. The molecular weight excluding hydrogens is 414 g/mol. The number of rotatable bonds is 6. The lowest BCUT2D eigenvalue weighted by molar-refractivity contribution is 0.0945. The van der Waals surface area contributed by atoms with Crippen LogP contribution in [0.4, 0.5) is 0 Å². The summed E-state index contributed by atoms with van der Waals surface area (Å²) in [6.45, 7) is 4.25. The van der Waals surface area contributed by atoms with Crippen molar-refractivity contribution in [3.63, 3.8) is 0 Å².